The van der Waals surface area contributed by atoms with E-state index in [1.54, 1.807) is 21.0 Å². The minimum Gasteiger partial charge on any atom is -0.497 e. The highest BCUT2D eigenvalue weighted by Gasteiger charge is 2.14. The van der Waals surface area contributed by atoms with Crippen molar-refractivity contribution in [3.05, 3.63) is 29.8 Å². The van der Waals surface area contributed by atoms with Crippen molar-refractivity contribution in [1.82, 2.24) is 16.0 Å². The molecule has 1 atom stereocenters. The zero-order valence-electron chi connectivity index (χ0n) is 12.0. The minimum atomic E-state index is -0.476. The molecule has 0 saturated heterocycles. The first-order valence-corrected chi connectivity index (χ1v) is 6.51. The lowest BCUT2D eigenvalue weighted by atomic mass is 10.2. The third-order valence-electron chi connectivity index (χ3n) is 2.74. The summed E-state index contributed by atoms with van der Waals surface area (Å²) in [6, 6.07) is 6.61. The molecule has 0 spiro atoms. The van der Waals surface area contributed by atoms with Crippen molar-refractivity contribution in [2.75, 3.05) is 13.7 Å². The molecule has 6 nitrogen and oxygen atoms in total. The number of carbonyl (C=O) groups is 2. The number of hydrogen-bond acceptors (Lipinski definition) is 4. The summed E-state index contributed by atoms with van der Waals surface area (Å²) in [7, 11) is 1.61. The Morgan fingerprint density at radius 3 is 2.45 bits per heavy atom. The van der Waals surface area contributed by atoms with E-state index in [1.807, 2.05) is 24.3 Å². The zero-order valence-corrected chi connectivity index (χ0v) is 12.0. The fourth-order valence-corrected chi connectivity index (χ4v) is 1.53. The lowest BCUT2D eigenvalue weighted by molar-refractivity contribution is -0.121. The van der Waals surface area contributed by atoms with Gasteiger partial charge in [-0.15, -0.1) is 0 Å². The molecule has 1 rings (SSSR count). The van der Waals surface area contributed by atoms with Gasteiger partial charge in [-0.3, -0.25) is 10.1 Å². The highest BCUT2D eigenvalue weighted by molar-refractivity contribution is 5.96. The maximum atomic E-state index is 11.7. The van der Waals surface area contributed by atoms with Gasteiger partial charge in [-0.25, -0.2) is 4.79 Å². The summed E-state index contributed by atoms with van der Waals surface area (Å²) in [6.07, 6.45) is 0. The first kappa shape index (κ1) is 16.0. The predicted octanol–water partition coefficient (Wildman–Crippen LogP) is 1.02. The van der Waals surface area contributed by atoms with Gasteiger partial charge in [0.2, 0.25) is 5.91 Å². The maximum Gasteiger partial charge on any atom is 0.321 e. The summed E-state index contributed by atoms with van der Waals surface area (Å²) < 4.78 is 5.07. The van der Waals surface area contributed by atoms with Crippen LogP contribution in [0.25, 0.3) is 0 Å². The quantitative estimate of drug-likeness (QED) is 0.726. The van der Waals surface area contributed by atoms with Crippen LogP contribution in [-0.2, 0) is 11.3 Å². The zero-order chi connectivity index (χ0) is 15.0. The molecule has 0 aliphatic heterocycles. The van der Waals surface area contributed by atoms with E-state index in [1.165, 1.54) is 0 Å². The molecule has 20 heavy (non-hydrogen) atoms. The van der Waals surface area contributed by atoms with Crippen molar-refractivity contribution in [3.8, 4) is 5.75 Å². The van der Waals surface area contributed by atoms with E-state index >= 15 is 0 Å². The van der Waals surface area contributed by atoms with Gasteiger partial charge in [-0.1, -0.05) is 12.1 Å². The minimum absolute atomic E-state index is 0.357. The number of carbonyl (C=O) groups excluding carboxylic acids is 2. The number of imide groups is 1. The van der Waals surface area contributed by atoms with E-state index in [0.717, 1.165) is 11.3 Å². The molecule has 1 unspecified atom stereocenters. The second kappa shape index (κ2) is 8.16. The van der Waals surface area contributed by atoms with Crippen molar-refractivity contribution in [3.63, 3.8) is 0 Å². The topological polar surface area (TPSA) is 79.5 Å². The van der Waals surface area contributed by atoms with Crippen LogP contribution in [0.3, 0.4) is 0 Å². The van der Waals surface area contributed by atoms with Gasteiger partial charge in [0.25, 0.3) is 0 Å². The van der Waals surface area contributed by atoms with E-state index < -0.39 is 12.1 Å². The molecule has 1 aromatic carbocycles. The summed E-state index contributed by atoms with van der Waals surface area (Å²) >= 11 is 0. The average molecular weight is 279 g/mol. The van der Waals surface area contributed by atoms with Crippen LogP contribution in [0, 0.1) is 0 Å². The van der Waals surface area contributed by atoms with Gasteiger partial charge in [0.15, 0.2) is 0 Å². The summed E-state index contributed by atoms with van der Waals surface area (Å²) in [5, 5.41) is 7.82. The number of urea groups is 1. The van der Waals surface area contributed by atoms with Crippen LogP contribution >= 0.6 is 0 Å². The Balaban J connectivity index is 2.39. The Kier molecular flexibility index (Phi) is 6.52. The molecule has 0 radical (unpaired) electrons. The van der Waals surface area contributed by atoms with E-state index in [2.05, 4.69) is 16.0 Å². The number of rotatable bonds is 6. The molecule has 3 N–H and O–H groups in total. The van der Waals surface area contributed by atoms with E-state index in [-0.39, 0.29) is 5.91 Å². The molecular weight excluding hydrogens is 258 g/mol. The van der Waals surface area contributed by atoms with Crippen molar-refractivity contribution in [2.45, 2.75) is 26.4 Å². The molecule has 0 aromatic heterocycles. The molecule has 110 valence electrons. The Labute approximate surface area is 118 Å². The van der Waals surface area contributed by atoms with E-state index in [0.29, 0.717) is 13.1 Å². The third-order valence-corrected chi connectivity index (χ3v) is 2.74. The SMILES string of the molecule is CCNC(=O)NC(=O)C(C)NCc1ccc(OC)cc1. The Morgan fingerprint density at radius 2 is 1.90 bits per heavy atom. The van der Waals surface area contributed by atoms with Crippen molar-refractivity contribution < 1.29 is 14.3 Å². The van der Waals surface area contributed by atoms with Crippen molar-refractivity contribution in [2.24, 2.45) is 0 Å². The van der Waals surface area contributed by atoms with Gasteiger partial charge in [-0.2, -0.15) is 0 Å². The van der Waals surface area contributed by atoms with Crippen LogP contribution < -0.4 is 20.7 Å². The first-order chi connectivity index (χ1) is 9.56. The molecule has 6 heteroatoms. The number of nitrogens with one attached hydrogen (secondary N) is 3. The number of benzene rings is 1. The van der Waals surface area contributed by atoms with Crippen LogP contribution in [0.4, 0.5) is 4.79 Å². The highest BCUT2D eigenvalue weighted by atomic mass is 16.5. The normalized spacial score (nSPS) is 11.6. The molecule has 0 saturated carbocycles. The highest BCUT2D eigenvalue weighted by Crippen LogP contribution is 2.11. The van der Waals surface area contributed by atoms with Crippen LogP contribution in [0.2, 0.25) is 0 Å². The monoisotopic (exact) mass is 279 g/mol. The van der Waals surface area contributed by atoms with Gasteiger partial charge in [0.1, 0.15) is 5.75 Å². The maximum absolute atomic E-state index is 11.7. The molecule has 3 amide bonds. The van der Waals surface area contributed by atoms with Crippen LogP contribution in [-0.4, -0.2) is 31.6 Å². The fourth-order valence-electron chi connectivity index (χ4n) is 1.53. The molecule has 0 bridgehead atoms. The largest absolute Gasteiger partial charge is 0.497 e. The predicted molar refractivity (Wildman–Crippen MR) is 76.5 cm³/mol. The van der Waals surface area contributed by atoms with Crippen LogP contribution in [0.5, 0.6) is 5.75 Å². The second-order valence-corrected chi connectivity index (χ2v) is 4.30. The lowest BCUT2D eigenvalue weighted by Gasteiger charge is -2.13. The Bertz CT molecular complexity index is 445. The number of methoxy groups -OCH3 is 1. The number of ether oxygens (including phenoxy) is 1. The molecule has 0 aliphatic rings. The van der Waals surface area contributed by atoms with E-state index in [4.69, 9.17) is 4.74 Å². The van der Waals surface area contributed by atoms with Gasteiger partial charge < -0.3 is 15.4 Å². The van der Waals surface area contributed by atoms with Gasteiger partial charge >= 0.3 is 6.03 Å². The molecule has 0 fully saturated rings. The molecular formula is C14H21N3O3. The smallest absolute Gasteiger partial charge is 0.321 e. The summed E-state index contributed by atoms with van der Waals surface area (Å²) in [5.41, 5.74) is 1.03. The van der Waals surface area contributed by atoms with Crippen LogP contribution in [0.15, 0.2) is 24.3 Å². The number of hydrogen-bond donors (Lipinski definition) is 3. The second-order valence-electron chi connectivity index (χ2n) is 4.30. The van der Waals surface area contributed by atoms with Crippen molar-refractivity contribution >= 4 is 11.9 Å². The lowest BCUT2D eigenvalue weighted by Crippen LogP contribution is -2.47. The van der Waals surface area contributed by atoms with E-state index in [9.17, 15) is 9.59 Å². The average Bonchev–Trinajstić information content (AvgIpc) is 2.45. The summed E-state index contributed by atoms with van der Waals surface area (Å²) in [6.45, 7) is 4.51. The standard InChI is InChI=1S/C14H21N3O3/c1-4-15-14(19)17-13(18)10(2)16-9-11-5-7-12(20-3)8-6-11/h5-8,10,16H,4,9H2,1-3H3,(H2,15,17,18,19). The van der Waals surface area contributed by atoms with Crippen molar-refractivity contribution in [1.29, 1.82) is 0 Å². The van der Waals surface area contributed by atoms with Gasteiger partial charge in [-0.05, 0) is 31.5 Å². The molecule has 0 heterocycles. The summed E-state index contributed by atoms with van der Waals surface area (Å²) in [4.78, 5) is 22.9. The number of amides is 3. The Hall–Kier alpha value is -2.08. The fraction of sp³-hybridized carbons (Fsp3) is 0.429. The summed E-state index contributed by atoms with van der Waals surface area (Å²) in [5.74, 6) is 0.431. The van der Waals surface area contributed by atoms with Gasteiger partial charge in [0.05, 0.1) is 13.2 Å². The molecule has 0 aliphatic carbocycles. The van der Waals surface area contributed by atoms with Gasteiger partial charge in [0, 0.05) is 13.1 Å². The molecule has 1 aromatic rings. The first-order valence-electron chi connectivity index (χ1n) is 6.51. The Morgan fingerprint density at radius 1 is 1.25 bits per heavy atom. The van der Waals surface area contributed by atoms with Crippen LogP contribution in [0.1, 0.15) is 19.4 Å². The third kappa shape index (κ3) is 5.27.